The second-order valence-electron chi connectivity index (χ2n) is 10.5. The highest BCUT2D eigenvalue weighted by Crippen LogP contribution is 2.30. The summed E-state index contributed by atoms with van der Waals surface area (Å²) in [6.07, 6.45) is 9.46. The Bertz CT molecular complexity index is 951. The molecule has 0 aliphatic heterocycles. The van der Waals surface area contributed by atoms with Gasteiger partial charge in [-0.25, -0.2) is 9.59 Å². The Morgan fingerprint density at radius 2 is 0.952 bits per heavy atom. The molecule has 0 unspecified atom stereocenters. The molecule has 2 aliphatic carbocycles. The van der Waals surface area contributed by atoms with Crippen molar-refractivity contribution >= 4 is 23.9 Å². The summed E-state index contributed by atoms with van der Waals surface area (Å²) in [4.78, 5) is 47.4. The molecular formula is C32H42O10. The van der Waals surface area contributed by atoms with Gasteiger partial charge in [-0.3, -0.25) is 9.59 Å². The minimum atomic E-state index is -0.440. The molecule has 230 valence electrons. The van der Waals surface area contributed by atoms with E-state index in [1.165, 1.54) is 0 Å². The third kappa shape index (κ3) is 11.8. The van der Waals surface area contributed by atoms with Crippen LogP contribution in [0.4, 0.5) is 0 Å². The third-order valence-corrected chi connectivity index (χ3v) is 7.38. The first kappa shape index (κ1) is 33.0. The van der Waals surface area contributed by atoms with Crippen molar-refractivity contribution in [3.63, 3.8) is 0 Å². The van der Waals surface area contributed by atoms with Gasteiger partial charge in [0.1, 0.15) is 11.5 Å². The summed E-state index contributed by atoms with van der Waals surface area (Å²) in [6, 6.07) is 6.52. The molecular weight excluding hydrogens is 544 g/mol. The molecule has 0 heterocycles. The van der Waals surface area contributed by atoms with E-state index in [1.807, 2.05) is 0 Å². The second-order valence-corrected chi connectivity index (χ2v) is 10.5. The molecule has 0 atom stereocenters. The Hall–Kier alpha value is -3.50. The molecule has 0 radical (unpaired) electrons. The number of hydrogen-bond donors (Lipinski definition) is 0. The van der Waals surface area contributed by atoms with E-state index in [0.29, 0.717) is 76.5 Å². The quantitative estimate of drug-likeness (QED) is 0.114. The zero-order valence-electron chi connectivity index (χ0n) is 24.2. The average molecular weight is 587 g/mol. The predicted molar refractivity (Wildman–Crippen MR) is 153 cm³/mol. The fraction of sp³-hybridized carbons (Fsp3) is 0.562. The van der Waals surface area contributed by atoms with Crippen LogP contribution in [0.2, 0.25) is 0 Å². The SMILES string of the molecule is C=CC(=O)OCCCOC1CCC(C(=O)Oc2ccc(OC(=O)C3CCC(OCCCOC(=O)C=C)CC3)cc2)CC1. The molecule has 0 amide bonds. The van der Waals surface area contributed by atoms with E-state index in [4.69, 9.17) is 28.4 Å². The van der Waals surface area contributed by atoms with Crippen LogP contribution in [0, 0.1) is 11.8 Å². The molecule has 10 heteroatoms. The van der Waals surface area contributed by atoms with Crippen LogP contribution in [0.3, 0.4) is 0 Å². The standard InChI is InChI=1S/C32H42O10/c1-3-29(33)39-21-5-19-37-25-11-7-23(8-12-25)31(35)41-27-15-17-28(18-16-27)42-32(36)24-9-13-26(14-10-24)38-20-6-22-40-30(34)4-2/h3-4,15-18,23-26H,1-2,5-14,19-22H2. The summed E-state index contributed by atoms with van der Waals surface area (Å²) < 4.78 is 32.7. The number of rotatable bonds is 16. The Labute approximate surface area is 247 Å². The van der Waals surface area contributed by atoms with Crippen LogP contribution in [0.5, 0.6) is 11.5 Å². The first-order chi connectivity index (χ1) is 20.4. The van der Waals surface area contributed by atoms with Crippen molar-refractivity contribution in [2.45, 2.75) is 76.4 Å². The van der Waals surface area contributed by atoms with Gasteiger partial charge in [0.15, 0.2) is 0 Å². The average Bonchev–Trinajstić information content (AvgIpc) is 3.01. The lowest BCUT2D eigenvalue weighted by molar-refractivity contribution is -0.142. The Kier molecular flexibility index (Phi) is 14.2. The number of esters is 4. The van der Waals surface area contributed by atoms with Gasteiger partial charge in [0.25, 0.3) is 0 Å². The van der Waals surface area contributed by atoms with Gasteiger partial charge < -0.3 is 28.4 Å². The predicted octanol–water partition coefficient (Wildman–Crippen LogP) is 4.89. The molecule has 2 saturated carbocycles. The minimum absolute atomic E-state index is 0.0845. The van der Waals surface area contributed by atoms with Gasteiger partial charge in [-0.05, 0) is 75.6 Å². The monoisotopic (exact) mass is 586 g/mol. The van der Waals surface area contributed by atoms with Crippen molar-refractivity contribution in [1.82, 2.24) is 0 Å². The van der Waals surface area contributed by atoms with Crippen LogP contribution in [0.15, 0.2) is 49.6 Å². The lowest BCUT2D eigenvalue weighted by Gasteiger charge is -2.27. The number of carbonyl (C=O) groups excluding carboxylic acids is 4. The van der Waals surface area contributed by atoms with Crippen molar-refractivity contribution in [3.05, 3.63) is 49.6 Å². The molecule has 0 saturated heterocycles. The molecule has 0 bridgehead atoms. The van der Waals surface area contributed by atoms with Crippen molar-refractivity contribution in [3.8, 4) is 11.5 Å². The van der Waals surface area contributed by atoms with Gasteiger partial charge in [0.2, 0.25) is 0 Å². The number of ether oxygens (including phenoxy) is 6. The normalized spacial score (nSPS) is 21.9. The first-order valence-corrected chi connectivity index (χ1v) is 14.7. The lowest BCUT2D eigenvalue weighted by Crippen LogP contribution is -2.29. The summed E-state index contributed by atoms with van der Waals surface area (Å²) in [7, 11) is 0. The van der Waals surface area contributed by atoms with Gasteiger partial charge in [-0.15, -0.1) is 0 Å². The fourth-order valence-corrected chi connectivity index (χ4v) is 4.99. The lowest BCUT2D eigenvalue weighted by atomic mass is 9.87. The Morgan fingerprint density at radius 3 is 1.29 bits per heavy atom. The summed E-state index contributed by atoms with van der Waals surface area (Å²) in [6.45, 7) is 8.28. The van der Waals surface area contributed by atoms with E-state index in [1.54, 1.807) is 24.3 Å². The maximum Gasteiger partial charge on any atom is 0.330 e. The van der Waals surface area contributed by atoms with Crippen molar-refractivity contribution in [2.75, 3.05) is 26.4 Å². The highest BCUT2D eigenvalue weighted by atomic mass is 16.6. The van der Waals surface area contributed by atoms with Crippen LogP contribution < -0.4 is 9.47 Å². The summed E-state index contributed by atoms with van der Waals surface area (Å²) in [5.74, 6) is -0.990. The van der Waals surface area contributed by atoms with Crippen LogP contribution >= 0.6 is 0 Å². The summed E-state index contributed by atoms with van der Waals surface area (Å²) in [5, 5.41) is 0. The molecule has 2 aliphatic rings. The van der Waals surface area contributed by atoms with Crippen LogP contribution in [0.25, 0.3) is 0 Å². The van der Waals surface area contributed by atoms with E-state index < -0.39 is 11.9 Å². The van der Waals surface area contributed by atoms with Crippen LogP contribution in [-0.4, -0.2) is 62.5 Å². The molecule has 1 aromatic carbocycles. The van der Waals surface area contributed by atoms with Gasteiger partial charge in [-0.2, -0.15) is 0 Å². The van der Waals surface area contributed by atoms with E-state index in [0.717, 1.165) is 37.8 Å². The van der Waals surface area contributed by atoms with E-state index >= 15 is 0 Å². The van der Waals surface area contributed by atoms with Crippen molar-refractivity contribution in [1.29, 1.82) is 0 Å². The third-order valence-electron chi connectivity index (χ3n) is 7.38. The van der Waals surface area contributed by atoms with E-state index in [2.05, 4.69) is 13.2 Å². The largest absolute Gasteiger partial charge is 0.462 e. The van der Waals surface area contributed by atoms with Crippen molar-refractivity contribution in [2.24, 2.45) is 11.8 Å². The minimum Gasteiger partial charge on any atom is -0.462 e. The highest BCUT2D eigenvalue weighted by molar-refractivity contribution is 5.81. The molecule has 1 aromatic rings. The summed E-state index contributed by atoms with van der Waals surface area (Å²) in [5.41, 5.74) is 0. The maximum absolute atomic E-state index is 12.7. The van der Waals surface area contributed by atoms with Crippen LogP contribution in [0.1, 0.15) is 64.2 Å². The van der Waals surface area contributed by atoms with Gasteiger partial charge in [0.05, 0.1) is 50.5 Å². The zero-order chi connectivity index (χ0) is 30.2. The van der Waals surface area contributed by atoms with E-state index in [9.17, 15) is 19.2 Å². The summed E-state index contributed by atoms with van der Waals surface area (Å²) >= 11 is 0. The topological polar surface area (TPSA) is 124 Å². The molecule has 0 aromatic heterocycles. The number of carbonyl (C=O) groups is 4. The van der Waals surface area contributed by atoms with Crippen molar-refractivity contribution < 1.29 is 47.6 Å². The molecule has 0 N–H and O–H groups in total. The van der Waals surface area contributed by atoms with Gasteiger partial charge >= 0.3 is 23.9 Å². The van der Waals surface area contributed by atoms with E-state index in [-0.39, 0.29) is 36.0 Å². The zero-order valence-corrected chi connectivity index (χ0v) is 24.2. The molecule has 3 rings (SSSR count). The molecule has 0 spiro atoms. The van der Waals surface area contributed by atoms with Gasteiger partial charge in [0, 0.05) is 25.0 Å². The number of benzene rings is 1. The highest BCUT2D eigenvalue weighted by Gasteiger charge is 2.29. The smallest absolute Gasteiger partial charge is 0.330 e. The molecule has 42 heavy (non-hydrogen) atoms. The number of hydrogen-bond acceptors (Lipinski definition) is 10. The van der Waals surface area contributed by atoms with Crippen LogP contribution in [-0.2, 0) is 38.1 Å². The molecule has 10 nitrogen and oxygen atoms in total. The Morgan fingerprint density at radius 1 is 0.595 bits per heavy atom. The maximum atomic E-state index is 12.7. The second kappa shape index (κ2) is 18.1. The molecule has 2 fully saturated rings. The van der Waals surface area contributed by atoms with Gasteiger partial charge in [-0.1, -0.05) is 13.2 Å². The fourth-order valence-electron chi connectivity index (χ4n) is 4.99. The Balaban J connectivity index is 1.28. The first-order valence-electron chi connectivity index (χ1n) is 14.7.